The monoisotopic (exact) mass is 1430 g/mol. The highest BCUT2D eigenvalue weighted by Gasteiger charge is 2.44. The number of nitriles is 5. The second-order valence-electron chi connectivity index (χ2n) is 25.0. The van der Waals surface area contributed by atoms with Gasteiger partial charge in [-0.15, -0.1) is 22.7 Å². The van der Waals surface area contributed by atoms with Crippen LogP contribution < -0.4 is 19.3 Å². The molecule has 2 N–H and O–H groups in total. The van der Waals surface area contributed by atoms with Gasteiger partial charge in [-0.25, -0.2) is 4.85 Å². The SMILES string of the molecule is CC1=C(C#N)C(=C(C#N)C#N)OC1(C)c1ccccc1.CCCCN(CCCCO)c1ccc(/C=C/c2ccc(C=O)s2)c(OCc2ccccc2)c1.[C-]#[N+]C1=C(/C=C/c2ccc(/C=C/c3ccc(N(CCCC)CCCCO)cc3OCc3ccccc3)s2)C(C)(c2ccccc2)OC1=C(C#N)C#N. The molecular weight excluding hydrogens is 1350 g/mol. The quantitative estimate of drug-likeness (QED) is 0.0178. The van der Waals surface area contributed by atoms with Crippen molar-refractivity contribution in [3.63, 3.8) is 0 Å². The first kappa shape index (κ1) is 78.9. The molecule has 0 radical (unpaired) electrons. The predicted octanol–water partition coefficient (Wildman–Crippen LogP) is 20.1. The van der Waals surface area contributed by atoms with E-state index in [1.54, 1.807) is 30.4 Å². The maximum atomic E-state index is 11.0. The van der Waals surface area contributed by atoms with Crippen molar-refractivity contribution in [3.8, 4) is 41.8 Å². The van der Waals surface area contributed by atoms with E-state index in [4.69, 9.17) is 36.0 Å². The molecule has 2 unspecified atom stereocenters. The second kappa shape index (κ2) is 40.8. The first-order chi connectivity index (χ1) is 51.2. The lowest BCUT2D eigenvalue weighted by molar-refractivity contribution is 0.0728. The number of carbonyl (C=O) groups is 1. The van der Waals surface area contributed by atoms with Crippen LogP contribution >= 0.6 is 22.7 Å². The molecule has 8 aromatic rings. The fraction of sp³-hybridized carbons (Fsp3) is 0.261. The number of aliphatic hydroxyl groups is 2. The minimum Gasteiger partial charge on any atom is -0.488 e. The average Bonchev–Trinajstić information content (AvgIpc) is 1.60. The fourth-order valence-corrected chi connectivity index (χ4v) is 13.3. The topological polar surface area (TPSA) is 224 Å². The van der Waals surface area contributed by atoms with E-state index in [0.717, 1.165) is 160 Å². The van der Waals surface area contributed by atoms with E-state index in [-0.39, 0.29) is 47.1 Å². The number of benzene rings is 6. The summed E-state index contributed by atoms with van der Waals surface area (Å²) in [7, 11) is 0. The minimum atomic E-state index is -1.06. The number of hydrogen-bond donors (Lipinski definition) is 2. The van der Waals surface area contributed by atoms with Crippen LogP contribution in [-0.4, -0.2) is 55.9 Å². The highest BCUT2D eigenvalue weighted by Crippen LogP contribution is 2.49. The molecule has 2 aromatic heterocycles. The maximum Gasteiger partial charge on any atom is 0.237 e. The van der Waals surface area contributed by atoms with Crippen LogP contribution in [0.1, 0.15) is 144 Å². The molecule has 2 aliphatic rings. The van der Waals surface area contributed by atoms with Gasteiger partial charge in [0.1, 0.15) is 60.7 Å². The Labute approximate surface area is 626 Å². The molecular formula is C88H86N8O7S2. The number of aldehydes is 1. The van der Waals surface area contributed by atoms with Crippen LogP contribution in [0.4, 0.5) is 11.4 Å². The van der Waals surface area contributed by atoms with Gasteiger partial charge in [-0.1, -0.05) is 154 Å². The molecule has 2 aliphatic heterocycles. The highest BCUT2D eigenvalue weighted by atomic mass is 32.1. The molecule has 0 spiro atoms. The van der Waals surface area contributed by atoms with Gasteiger partial charge in [0.15, 0.2) is 34.6 Å². The Morgan fingerprint density at radius 3 is 1.32 bits per heavy atom. The molecule has 0 saturated carbocycles. The lowest BCUT2D eigenvalue weighted by atomic mass is 9.87. The molecule has 15 nitrogen and oxygen atoms in total. The van der Waals surface area contributed by atoms with Crippen LogP contribution in [0, 0.1) is 63.2 Å². The van der Waals surface area contributed by atoms with Crippen molar-refractivity contribution in [1.82, 2.24) is 0 Å². The van der Waals surface area contributed by atoms with E-state index >= 15 is 0 Å². The summed E-state index contributed by atoms with van der Waals surface area (Å²) in [5.74, 6) is 1.72. The number of carbonyl (C=O) groups excluding carboxylic acids is 1. The first-order valence-electron chi connectivity index (χ1n) is 35.1. The molecule has 0 aliphatic carbocycles. The van der Waals surface area contributed by atoms with Crippen LogP contribution in [0.5, 0.6) is 11.5 Å². The number of allylic oxidation sites excluding steroid dienone is 3. The van der Waals surface area contributed by atoms with Gasteiger partial charge in [0.05, 0.1) is 17.0 Å². The Bertz CT molecular complexity index is 4690. The smallest absolute Gasteiger partial charge is 0.237 e. The molecule has 0 bridgehead atoms. The zero-order valence-electron chi connectivity index (χ0n) is 60.0. The van der Waals surface area contributed by atoms with Gasteiger partial charge < -0.3 is 39.0 Å². The van der Waals surface area contributed by atoms with Gasteiger partial charge in [-0.2, -0.15) is 26.3 Å². The summed E-state index contributed by atoms with van der Waals surface area (Å²) in [6.45, 7) is 22.9. The molecule has 17 heteroatoms. The van der Waals surface area contributed by atoms with Crippen molar-refractivity contribution >= 4 is 70.7 Å². The van der Waals surface area contributed by atoms with E-state index in [1.165, 1.54) is 11.3 Å². The van der Waals surface area contributed by atoms with Crippen LogP contribution in [0.3, 0.4) is 0 Å². The van der Waals surface area contributed by atoms with E-state index < -0.39 is 11.2 Å². The zero-order valence-corrected chi connectivity index (χ0v) is 61.6. The lowest BCUT2D eigenvalue weighted by Crippen LogP contribution is -2.25. The second-order valence-corrected chi connectivity index (χ2v) is 27.3. The third-order valence-electron chi connectivity index (χ3n) is 17.8. The summed E-state index contributed by atoms with van der Waals surface area (Å²) in [5, 5.41) is 65.0. The number of unbranched alkanes of at least 4 members (excludes halogenated alkanes) is 4. The number of ether oxygens (including phenoxy) is 4. The molecule has 10 rings (SSSR count). The van der Waals surface area contributed by atoms with Crippen molar-refractivity contribution in [1.29, 1.82) is 26.3 Å². The standard InChI is InChI=1S/C44H42N4O3S.C28H33NO3S.C16H11N3O/c1-4-5-26-48(27-12-13-28-49)37-20-18-34(41(29-37)50-32-33-14-8-6-9-15-33)19-21-38-22-23-39(52-38)24-25-40-42(47-3)43(35(30-45)31-46)51-44(40,2)36-16-10-7-11-17-36;1-2-3-17-29(18-7-8-19-30)25-13-11-24(12-14-26-15-16-27(21-31)33-26)28(20-25)32-22-23-9-5-4-6-10-23;1-11-14(10-19)15(12(8-17)9-18)20-16(11,2)13-6-4-3-5-7-13/h6-11,14-25,29,49H,4-5,12-13,26-28,32H2,1-2H3;4-6,9-16,20-21,30H,2-3,7-8,17-19,22H2,1H3;3-7H,1-2H3/b21-19+,25-24+;14-12+;. The maximum absolute atomic E-state index is 11.0. The predicted molar refractivity (Wildman–Crippen MR) is 420 cm³/mol. The zero-order chi connectivity index (χ0) is 74.8. The third kappa shape index (κ3) is 21.4. The van der Waals surface area contributed by atoms with Crippen molar-refractivity contribution < 1.29 is 34.0 Å². The average molecular weight is 1430 g/mol. The van der Waals surface area contributed by atoms with Crippen LogP contribution in [-0.2, 0) is 33.9 Å². The Morgan fingerprint density at radius 1 is 0.514 bits per heavy atom. The van der Waals surface area contributed by atoms with E-state index in [0.29, 0.717) is 24.4 Å². The van der Waals surface area contributed by atoms with Gasteiger partial charge in [0.25, 0.3) is 0 Å². The molecule has 0 fully saturated rings. The highest BCUT2D eigenvalue weighted by molar-refractivity contribution is 7.14. The normalized spacial score (nSPS) is 15.0. The summed E-state index contributed by atoms with van der Waals surface area (Å²) in [6.07, 6.45) is 20.8. The number of thiophene rings is 2. The van der Waals surface area contributed by atoms with Gasteiger partial charge in [-0.3, -0.25) is 4.79 Å². The summed E-state index contributed by atoms with van der Waals surface area (Å²) in [5.41, 5.74) is 7.52. The molecule has 532 valence electrons. The number of hydrogen-bond acceptors (Lipinski definition) is 16. The summed E-state index contributed by atoms with van der Waals surface area (Å²) >= 11 is 3.07. The molecule has 4 heterocycles. The van der Waals surface area contributed by atoms with Crippen molar-refractivity contribution in [3.05, 3.63) is 297 Å². The van der Waals surface area contributed by atoms with Crippen LogP contribution in [0.25, 0.3) is 35.2 Å². The number of anilines is 2. The van der Waals surface area contributed by atoms with E-state index in [1.807, 2.05) is 178 Å². The molecule has 105 heavy (non-hydrogen) atoms. The molecule has 0 saturated heterocycles. The van der Waals surface area contributed by atoms with Gasteiger partial charge in [-0.05, 0) is 166 Å². The fourth-order valence-electron chi connectivity index (χ4n) is 11.8. The number of nitrogens with zero attached hydrogens (tertiary/aromatic N) is 8. The minimum absolute atomic E-state index is 0.00996. The summed E-state index contributed by atoms with van der Waals surface area (Å²) < 4.78 is 24.8. The van der Waals surface area contributed by atoms with E-state index in [9.17, 15) is 30.8 Å². The van der Waals surface area contributed by atoms with Crippen molar-refractivity contribution in [2.24, 2.45) is 0 Å². The van der Waals surface area contributed by atoms with Crippen LogP contribution in [0.2, 0.25) is 0 Å². The largest absolute Gasteiger partial charge is 0.488 e. The molecule has 6 aromatic carbocycles. The van der Waals surface area contributed by atoms with E-state index in [2.05, 4.69) is 101 Å². The van der Waals surface area contributed by atoms with Gasteiger partial charge in [0.2, 0.25) is 5.70 Å². The van der Waals surface area contributed by atoms with Crippen molar-refractivity contribution in [2.75, 3.05) is 49.2 Å². The summed E-state index contributed by atoms with van der Waals surface area (Å²) in [6, 6.07) is 69.2. The lowest BCUT2D eigenvalue weighted by Gasteiger charge is -2.28. The summed E-state index contributed by atoms with van der Waals surface area (Å²) in [4.78, 5) is 23.2. The Balaban J connectivity index is 0.000000223. The Kier molecular flexibility index (Phi) is 30.6. The van der Waals surface area contributed by atoms with Gasteiger partial charge >= 0.3 is 0 Å². The third-order valence-corrected chi connectivity index (χ3v) is 19.8. The van der Waals surface area contributed by atoms with Crippen molar-refractivity contribution in [2.45, 2.75) is 110 Å². The van der Waals surface area contributed by atoms with Crippen LogP contribution in [0.15, 0.2) is 233 Å². The Morgan fingerprint density at radius 2 is 0.914 bits per heavy atom. The van der Waals surface area contributed by atoms with Gasteiger partial charge in [0, 0.05) is 94.2 Å². The molecule has 2 atom stereocenters. The Hall–Kier alpha value is -11.8. The number of rotatable bonds is 31. The number of aliphatic hydroxyl groups excluding tert-OH is 2. The molecule has 0 amide bonds. The first-order valence-corrected chi connectivity index (χ1v) is 36.7.